The zero-order chi connectivity index (χ0) is 14.4. The van der Waals surface area contributed by atoms with Gasteiger partial charge in [-0.05, 0) is 12.1 Å². The Morgan fingerprint density at radius 3 is 1.33 bits per heavy atom. The van der Waals surface area contributed by atoms with Gasteiger partial charge in [0.05, 0.1) is 0 Å². The van der Waals surface area contributed by atoms with Crippen molar-refractivity contribution >= 4 is 0 Å². The van der Waals surface area contributed by atoms with E-state index in [4.69, 9.17) is 5.11 Å². The third-order valence-corrected chi connectivity index (χ3v) is 2.10. The van der Waals surface area contributed by atoms with Gasteiger partial charge in [-0.3, -0.25) is 0 Å². The Bertz CT molecular complexity index is 413. The Labute approximate surface area is 94.6 Å². The van der Waals surface area contributed by atoms with E-state index in [2.05, 4.69) is 0 Å². The molecule has 1 N–H and O–H groups in total. The van der Waals surface area contributed by atoms with E-state index in [0.717, 1.165) is 0 Å². The highest BCUT2D eigenvalue weighted by Crippen LogP contribution is 2.50. The summed E-state index contributed by atoms with van der Waals surface area (Å²) in [5.41, 5.74) is -7.30. The minimum absolute atomic E-state index is 0.0800. The van der Waals surface area contributed by atoms with Gasteiger partial charge in [0.1, 0.15) is 11.6 Å². The summed E-state index contributed by atoms with van der Waals surface area (Å²) in [6.07, 6.45) is -12.4. The molecule has 0 aliphatic rings. The first-order chi connectivity index (χ1) is 7.89. The van der Waals surface area contributed by atoms with E-state index < -0.39 is 35.2 Å². The highest BCUT2D eigenvalue weighted by Gasteiger charge is 2.71. The van der Waals surface area contributed by atoms with Crippen LogP contribution in [-0.2, 0) is 5.60 Å². The highest BCUT2D eigenvalue weighted by molar-refractivity contribution is 5.28. The summed E-state index contributed by atoms with van der Waals surface area (Å²) in [5, 5.41) is 8.82. The molecule has 102 valence electrons. The molecule has 0 aliphatic heterocycles. The summed E-state index contributed by atoms with van der Waals surface area (Å²) in [5.74, 6) is -3.34. The third-order valence-electron chi connectivity index (χ3n) is 2.10. The molecule has 0 fully saturated rings. The van der Waals surface area contributed by atoms with Gasteiger partial charge in [0.2, 0.25) is 0 Å². The largest absolute Gasteiger partial charge is 0.430 e. The van der Waals surface area contributed by atoms with Gasteiger partial charge in [-0.25, -0.2) is 8.78 Å². The van der Waals surface area contributed by atoms with Crippen LogP contribution in [0.1, 0.15) is 5.56 Å². The molecule has 0 saturated heterocycles. The Hall–Kier alpha value is -1.38. The van der Waals surface area contributed by atoms with Gasteiger partial charge in [-0.15, -0.1) is 0 Å². The van der Waals surface area contributed by atoms with Crippen molar-refractivity contribution in [1.82, 2.24) is 0 Å². The minimum Gasteiger partial charge on any atom is -0.369 e. The molecule has 0 unspecified atom stereocenters. The van der Waals surface area contributed by atoms with Crippen LogP contribution in [0, 0.1) is 11.6 Å². The smallest absolute Gasteiger partial charge is 0.369 e. The summed E-state index contributed by atoms with van der Waals surface area (Å²) >= 11 is 0. The molecule has 0 saturated carbocycles. The highest BCUT2D eigenvalue weighted by atomic mass is 19.4. The second kappa shape index (κ2) is 4.08. The first kappa shape index (κ1) is 14.7. The summed E-state index contributed by atoms with van der Waals surface area (Å²) in [4.78, 5) is 0. The van der Waals surface area contributed by atoms with Crippen molar-refractivity contribution in [3.05, 3.63) is 35.4 Å². The maximum Gasteiger partial charge on any atom is 0.430 e. The molecule has 0 aromatic heterocycles. The van der Waals surface area contributed by atoms with Crippen LogP contribution in [0.4, 0.5) is 35.1 Å². The molecule has 0 heterocycles. The van der Waals surface area contributed by atoms with Gasteiger partial charge >= 0.3 is 12.4 Å². The maximum atomic E-state index is 12.6. The van der Waals surface area contributed by atoms with E-state index in [0.29, 0.717) is 0 Å². The van der Waals surface area contributed by atoms with Crippen molar-refractivity contribution < 1.29 is 40.2 Å². The first-order valence-corrected chi connectivity index (χ1v) is 4.22. The van der Waals surface area contributed by atoms with Gasteiger partial charge in [-0.2, -0.15) is 26.3 Å². The van der Waals surface area contributed by atoms with Gasteiger partial charge in [0.25, 0.3) is 5.60 Å². The van der Waals surface area contributed by atoms with Crippen molar-refractivity contribution in [2.75, 3.05) is 0 Å². The van der Waals surface area contributed by atoms with Gasteiger partial charge in [-0.1, -0.05) is 0 Å². The van der Waals surface area contributed by atoms with Crippen molar-refractivity contribution in [2.24, 2.45) is 0 Å². The topological polar surface area (TPSA) is 20.2 Å². The van der Waals surface area contributed by atoms with Crippen molar-refractivity contribution in [1.29, 1.82) is 0 Å². The average Bonchev–Trinajstić information content (AvgIpc) is 2.11. The van der Waals surface area contributed by atoms with E-state index in [1.165, 1.54) is 0 Å². The first-order valence-electron chi connectivity index (χ1n) is 4.22. The van der Waals surface area contributed by atoms with Crippen LogP contribution in [0.2, 0.25) is 0 Å². The van der Waals surface area contributed by atoms with Gasteiger partial charge in [0, 0.05) is 11.6 Å². The zero-order valence-corrected chi connectivity index (χ0v) is 8.20. The van der Waals surface area contributed by atoms with E-state index in [-0.39, 0.29) is 18.2 Å². The minimum atomic E-state index is -6.18. The number of hydrogen-bond donors (Lipinski definition) is 1. The second-order valence-electron chi connectivity index (χ2n) is 3.36. The Morgan fingerprint density at radius 2 is 1.06 bits per heavy atom. The number of aliphatic hydroxyl groups is 1. The fourth-order valence-corrected chi connectivity index (χ4v) is 1.25. The summed E-state index contributed by atoms with van der Waals surface area (Å²) in [6.45, 7) is 0. The molecular formula is C9H4F8O. The standard InChI is InChI=1S/C9H4F8O/c10-5-1-4(2-6(11)3-5)7(18,8(12,13)14)9(15,16)17/h1-3,18H. The number of benzene rings is 1. The van der Waals surface area contributed by atoms with Crippen molar-refractivity contribution in [3.63, 3.8) is 0 Å². The molecule has 0 bridgehead atoms. The Morgan fingerprint density at radius 1 is 0.722 bits per heavy atom. The van der Waals surface area contributed by atoms with Crippen LogP contribution in [-0.4, -0.2) is 17.5 Å². The normalized spacial score (nSPS) is 13.8. The lowest BCUT2D eigenvalue weighted by molar-refractivity contribution is -0.376. The Balaban J connectivity index is 3.55. The average molecular weight is 280 g/mol. The van der Waals surface area contributed by atoms with Crippen molar-refractivity contribution in [2.45, 2.75) is 18.0 Å². The molecule has 18 heavy (non-hydrogen) atoms. The molecule has 1 aromatic carbocycles. The van der Waals surface area contributed by atoms with Crippen LogP contribution >= 0.6 is 0 Å². The molecule has 1 nitrogen and oxygen atoms in total. The fraction of sp³-hybridized carbons (Fsp3) is 0.333. The van der Waals surface area contributed by atoms with Crippen LogP contribution in [0.5, 0.6) is 0 Å². The van der Waals surface area contributed by atoms with E-state index in [1.807, 2.05) is 0 Å². The molecule has 0 radical (unpaired) electrons. The van der Waals surface area contributed by atoms with Crippen molar-refractivity contribution in [3.8, 4) is 0 Å². The predicted molar refractivity (Wildman–Crippen MR) is 42.4 cm³/mol. The molecule has 0 spiro atoms. The quantitative estimate of drug-likeness (QED) is 0.783. The number of hydrogen-bond acceptors (Lipinski definition) is 1. The molecule has 1 rings (SSSR count). The molecule has 0 aliphatic carbocycles. The van der Waals surface area contributed by atoms with E-state index >= 15 is 0 Å². The number of rotatable bonds is 1. The lowest BCUT2D eigenvalue weighted by Crippen LogP contribution is -2.54. The molecule has 0 atom stereocenters. The molecule has 9 heteroatoms. The van der Waals surface area contributed by atoms with Crippen LogP contribution in [0.3, 0.4) is 0 Å². The SMILES string of the molecule is OC(c1cc(F)cc(F)c1)(C(F)(F)F)C(F)(F)F. The van der Waals surface area contributed by atoms with Crippen LogP contribution in [0.25, 0.3) is 0 Å². The maximum absolute atomic E-state index is 12.6. The van der Waals surface area contributed by atoms with E-state index in [1.54, 1.807) is 0 Å². The van der Waals surface area contributed by atoms with Crippen LogP contribution < -0.4 is 0 Å². The monoisotopic (exact) mass is 280 g/mol. The third kappa shape index (κ3) is 2.26. The lowest BCUT2D eigenvalue weighted by Gasteiger charge is -2.32. The summed E-state index contributed by atoms with van der Waals surface area (Å²) in [7, 11) is 0. The fourth-order valence-electron chi connectivity index (χ4n) is 1.25. The van der Waals surface area contributed by atoms with E-state index in [9.17, 15) is 35.1 Å². The number of halogens is 8. The van der Waals surface area contributed by atoms with Crippen LogP contribution in [0.15, 0.2) is 18.2 Å². The summed E-state index contributed by atoms with van der Waals surface area (Å²) in [6, 6.07) is -0.384. The molecule has 1 aromatic rings. The Kier molecular flexibility index (Phi) is 3.32. The molecule has 0 amide bonds. The van der Waals surface area contributed by atoms with Gasteiger partial charge in [0.15, 0.2) is 0 Å². The summed E-state index contributed by atoms with van der Waals surface area (Å²) < 4.78 is 99.3. The number of alkyl halides is 6. The lowest BCUT2D eigenvalue weighted by atomic mass is 9.92. The zero-order valence-electron chi connectivity index (χ0n) is 8.20. The van der Waals surface area contributed by atoms with Gasteiger partial charge < -0.3 is 5.11 Å². The second-order valence-corrected chi connectivity index (χ2v) is 3.36. The molecular weight excluding hydrogens is 276 g/mol. The predicted octanol–water partition coefficient (Wildman–Crippen LogP) is 3.28.